The summed E-state index contributed by atoms with van der Waals surface area (Å²) in [6.45, 7) is 8.91. The zero-order valence-corrected chi connectivity index (χ0v) is 17.0. The fourth-order valence-corrected chi connectivity index (χ4v) is 3.29. The van der Waals surface area contributed by atoms with Crippen LogP contribution in [0.1, 0.15) is 40.5 Å². The highest BCUT2D eigenvalue weighted by atomic mass is 16.6. The van der Waals surface area contributed by atoms with Gasteiger partial charge in [0.05, 0.1) is 17.8 Å². The first kappa shape index (κ1) is 22.6. The highest BCUT2D eigenvalue weighted by molar-refractivity contribution is 5.95. The van der Waals surface area contributed by atoms with E-state index in [1.165, 1.54) is 26.8 Å². The van der Waals surface area contributed by atoms with Crippen LogP contribution in [-0.2, 0) is 28.6 Å². The molecule has 0 bridgehead atoms. The van der Waals surface area contributed by atoms with Gasteiger partial charge in [0.1, 0.15) is 18.0 Å². The SMILES string of the molecule is C=C(C)C(=O)OC1CC(C)=CC(OC(C)=O)CC(C)(O)C=C2OC(=O)C(CO)=C21. The smallest absolute Gasteiger partial charge is 0.342 e. The number of rotatable bonds is 4. The van der Waals surface area contributed by atoms with Crippen LogP contribution in [0.25, 0.3) is 0 Å². The van der Waals surface area contributed by atoms with Gasteiger partial charge in [-0.15, -0.1) is 0 Å². The van der Waals surface area contributed by atoms with Crippen LogP contribution in [0.3, 0.4) is 0 Å². The van der Waals surface area contributed by atoms with E-state index in [4.69, 9.17) is 14.2 Å². The van der Waals surface area contributed by atoms with Gasteiger partial charge in [-0.3, -0.25) is 4.79 Å². The second-order valence-corrected chi connectivity index (χ2v) is 7.55. The number of aliphatic hydroxyl groups excluding tert-OH is 1. The van der Waals surface area contributed by atoms with Gasteiger partial charge < -0.3 is 24.4 Å². The average Bonchev–Trinajstić information content (AvgIpc) is 2.86. The molecule has 0 fully saturated rings. The predicted molar refractivity (Wildman–Crippen MR) is 102 cm³/mol. The van der Waals surface area contributed by atoms with Gasteiger partial charge in [-0.25, -0.2) is 9.59 Å². The summed E-state index contributed by atoms with van der Waals surface area (Å²) in [7, 11) is 0. The zero-order chi connectivity index (χ0) is 21.9. The third kappa shape index (κ3) is 5.65. The maximum Gasteiger partial charge on any atom is 0.342 e. The maximum absolute atomic E-state index is 12.2. The van der Waals surface area contributed by atoms with E-state index in [1.54, 1.807) is 13.0 Å². The molecule has 0 saturated carbocycles. The van der Waals surface area contributed by atoms with Crippen molar-refractivity contribution in [2.45, 2.75) is 58.3 Å². The lowest BCUT2D eigenvalue weighted by Crippen LogP contribution is -2.32. The van der Waals surface area contributed by atoms with Gasteiger partial charge in [0.2, 0.25) is 0 Å². The number of hydrogen-bond acceptors (Lipinski definition) is 8. The van der Waals surface area contributed by atoms with Gasteiger partial charge in [0.15, 0.2) is 0 Å². The number of esters is 3. The van der Waals surface area contributed by atoms with Crippen molar-refractivity contribution in [2.24, 2.45) is 0 Å². The molecule has 0 aromatic carbocycles. The molecule has 3 unspecified atom stereocenters. The molecule has 0 saturated heterocycles. The quantitative estimate of drug-likeness (QED) is 0.313. The highest BCUT2D eigenvalue weighted by Crippen LogP contribution is 2.36. The summed E-state index contributed by atoms with van der Waals surface area (Å²) in [4.78, 5) is 35.9. The monoisotopic (exact) mass is 406 g/mol. The van der Waals surface area contributed by atoms with E-state index in [0.29, 0.717) is 5.57 Å². The molecule has 0 aromatic rings. The fourth-order valence-electron chi connectivity index (χ4n) is 3.29. The van der Waals surface area contributed by atoms with Crippen LogP contribution in [-0.4, -0.2) is 52.5 Å². The Kier molecular flexibility index (Phi) is 6.81. The first-order valence-corrected chi connectivity index (χ1v) is 9.16. The highest BCUT2D eigenvalue weighted by Gasteiger charge is 2.39. The molecule has 158 valence electrons. The molecule has 0 spiro atoms. The third-order valence-electron chi connectivity index (χ3n) is 4.47. The first-order chi connectivity index (χ1) is 13.4. The minimum absolute atomic E-state index is 0.000148. The molecule has 1 aliphatic carbocycles. The summed E-state index contributed by atoms with van der Waals surface area (Å²) in [6.07, 6.45) is 1.43. The molecule has 0 aromatic heterocycles. The largest absolute Gasteiger partial charge is 0.458 e. The van der Waals surface area contributed by atoms with Gasteiger partial charge in [0.25, 0.3) is 0 Å². The first-order valence-electron chi connectivity index (χ1n) is 9.16. The van der Waals surface area contributed by atoms with Crippen molar-refractivity contribution in [1.29, 1.82) is 0 Å². The molecule has 2 rings (SSSR count). The molecule has 2 N–H and O–H groups in total. The van der Waals surface area contributed by atoms with Crippen molar-refractivity contribution in [1.82, 2.24) is 0 Å². The summed E-state index contributed by atoms with van der Waals surface area (Å²) >= 11 is 0. The topological polar surface area (TPSA) is 119 Å². The van der Waals surface area contributed by atoms with Gasteiger partial charge in [-0.05, 0) is 32.9 Å². The van der Waals surface area contributed by atoms with Crippen LogP contribution in [0.4, 0.5) is 0 Å². The van der Waals surface area contributed by atoms with Crippen LogP contribution < -0.4 is 0 Å². The summed E-state index contributed by atoms with van der Waals surface area (Å²) in [5.74, 6) is -1.97. The second kappa shape index (κ2) is 8.75. The van der Waals surface area contributed by atoms with Crippen molar-refractivity contribution in [3.05, 3.63) is 46.8 Å². The van der Waals surface area contributed by atoms with Crippen molar-refractivity contribution in [3.63, 3.8) is 0 Å². The minimum Gasteiger partial charge on any atom is -0.458 e. The lowest BCUT2D eigenvalue weighted by molar-refractivity contribution is -0.145. The number of ether oxygens (including phenoxy) is 3. The molecule has 3 atom stereocenters. The van der Waals surface area contributed by atoms with Crippen LogP contribution in [0, 0.1) is 0 Å². The Bertz CT molecular complexity index is 828. The second-order valence-electron chi connectivity index (χ2n) is 7.55. The number of fused-ring (bicyclic) bond motifs is 1. The number of carbonyl (C=O) groups excluding carboxylic acids is 3. The molecule has 0 radical (unpaired) electrons. The van der Waals surface area contributed by atoms with Crippen LogP contribution >= 0.6 is 0 Å². The molecule has 1 aliphatic heterocycles. The Morgan fingerprint density at radius 3 is 2.55 bits per heavy atom. The number of carbonyl (C=O) groups is 3. The van der Waals surface area contributed by atoms with Gasteiger partial charge >= 0.3 is 17.9 Å². The fraction of sp³-hybridized carbons (Fsp3) is 0.476. The molecule has 8 nitrogen and oxygen atoms in total. The van der Waals surface area contributed by atoms with E-state index in [0.717, 1.165) is 0 Å². The summed E-state index contributed by atoms with van der Waals surface area (Å²) in [6, 6.07) is 0. The third-order valence-corrected chi connectivity index (χ3v) is 4.47. The standard InChI is InChI=1S/C21H26O8/c1-11(2)19(24)28-16-7-12(3)6-14(27-13(4)23)8-21(5,26)9-17-18(16)15(10-22)20(25)29-17/h6,9,14,16,22,26H,1,7-8,10H2,2-5H3. The van der Waals surface area contributed by atoms with E-state index in [1.807, 2.05) is 0 Å². The van der Waals surface area contributed by atoms with E-state index < -0.39 is 42.3 Å². The Balaban J connectivity index is 2.61. The van der Waals surface area contributed by atoms with Crippen molar-refractivity contribution in [2.75, 3.05) is 6.61 Å². The van der Waals surface area contributed by atoms with E-state index in [9.17, 15) is 24.6 Å². The number of hydrogen-bond donors (Lipinski definition) is 2. The predicted octanol–water partition coefficient (Wildman–Crippen LogP) is 1.63. The van der Waals surface area contributed by atoms with Crippen LogP contribution in [0.15, 0.2) is 46.8 Å². The van der Waals surface area contributed by atoms with Crippen molar-refractivity contribution in [3.8, 4) is 0 Å². The average molecular weight is 406 g/mol. The van der Waals surface area contributed by atoms with Crippen LogP contribution in [0.2, 0.25) is 0 Å². The summed E-state index contributed by atoms with van der Waals surface area (Å²) in [5, 5.41) is 20.5. The molecule has 0 amide bonds. The number of aliphatic hydroxyl groups is 2. The molecular formula is C21H26O8. The van der Waals surface area contributed by atoms with E-state index in [2.05, 4.69) is 6.58 Å². The van der Waals surface area contributed by atoms with Gasteiger partial charge in [-0.2, -0.15) is 0 Å². The van der Waals surface area contributed by atoms with E-state index >= 15 is 0 Å². The molecule has 29 heavy (non-hydrogen) atoms. The molecular weight excluding hydrogens is 380 g/mol. The maximum atomic E-state index is 12.2. The Labute approximate surface area is 169 Å². The zero-order valence-electron chi connectivity index (χ0n) is 17.0. The van der Waals surface area contributed by atoms with Gasteiger partial charge in [-0.1, -0.05) is 12.2 Å². The summed E-state index contributed by atoms with van der Waals surface area (Å²) in [5.41, 5.74) is -0.516. The van der Waals surface area contributed by atoms with Crippen LogP contribution in [0.5, 0.6) is 0 Å². The van der Waals surface area contributed by atoms with Crippen molar-refractivity contribution < 1.29 is 38.8 Å². The molecule has 8 heteroatoms. The Morgan fingerprint density at radius 1 is 1.34 bits per heavy atom. The molecule has 2 aliphatic rings. The molecule has 1 heterocycles. The lowest BCUT2D eigenvalue weighted by atomic mass is 9.89. The minimum atomic E-state index is -1.52. The normalized spacial score (nSPS) is 27.3. The van der Waals surface area contributed by atoms with Gasteiger partial charge in [0, 0.05) is 30.9 Å². The van der Waals surface area contributed by atoms with Crippen molar-refractivity contribution >= 4 is 17.9 Å². The lowest BCUT2D eigenvalue weighted by Gasteiger charge is -2.28. The van der Waals surface area contributed by atoms with E-state index in [-0.39, 0.29) is 35.3 Å². The Morgan fingerprint density at radius 2 is 2.00 bits per heavy atom. The Hall–Kier alpha value is -2.71. The summed E-state index contributed by atoms with van der Waals surface area (Å²) < 4.78 is 16.0.